The molecule has 1 heterocycles. The molecule has 1 aliphatic heterocycles. The normalized spacial score (nSPS) is 16.4. The first-order valence-corrected chi connectivity index (χ1v) is 12.4. The van der Waals surface area contributed by atoms with Crippen molar-refractivity contribution in [1.82, 2.24) is 0 Å². The Kier molecular flexibility index (Phi) is 5.88. The maximum atomic E-state index is 13.1. The van der Waals surface area contributed by atoms with Crippen LogP contribution in [0.25, 0.3) is 0 Å². The van der Waals surface area contributed by atoms with Crippen molar-refractivity contribution >= 4 is 33.0 Å². The topological polar surface area (TPSA) is 83.6 Å². The van der Waals surface area contributed by atoms with Crippen LogP contribution < -0.4 is 10.2 Å². The van der Waals surface area contributed by atoms with Gasteiger partial charge >= 0.3 is 0 Å². The molecule has 1 atom stereocenters. The number of carbonyl (C=O) groups excluding carboxylic acids is 2. The first-order valence-electron chi connectivity index (χ1n) is 10.8. The fraction of sp³-hybridized carbons (Fsp3) is 0.417. The van der Waals surface area contributed by atoms with E-state index in [4.69, 9.17) is 0 Å². The van der Waals surface area contributed by atoms with Crippen molar-refractivity contribution in [3.05, 3.63) is 53.1 Å². The number of benzene rings is 2. The molecular formula is C24H28N2O4S. The maximum absolute atomic E-state index is 13.1. The number of fused-ring (bicyclic) bond motifs is 2. The summed E-state index contributed by atoms with van der Waals surface area (Å²) in [7, 11) is -3.67. The van der Waals surface area contributed by atoms with Gasteiger partial charge in [-0.3, -0.25) is 9.59 Å². The van der Waals surface area contributed by atoms with Gasteiger partial charge in [-0.05, 0) is 80.0 Å². The number of rotatable bonds is 5. The number of sulfone groups is 1. The lowest BCUT2D eigenvalue weighted by molar-refractivity contribution is -0.117. The minimum atomic E-state index is -3.67. The first kappa shape index (κ1) is 21.6. The van der Waals surface area contributed by atoms with Crippen molar-refractivity contribution in [3.8, 4) is 0 Å². The van der Waals surface area contributed by atoms with Gasteiger partial charge < -0.3 is 10.2 Å². The minimum absolute atomic E-state index is 0.0532. The Morgan fingerprint density at radius 1 is 1.06 bits per heavy atom. The molecule has 0 fully saturated rings. The highest BCUT2D eigenvalue weighted by Crippen LogP contribution is 2.32. The summed E-state index contributed by atoms with van der Waals surface area (Å²) < 4.78 is 26.2. The van der Waals surface area contributed by atoms with Gasteiger partial charge in [0, 0.05) is 31.3 Å². The predicted octanol–water partition coefficient (Wildman–Crippen LogP) is 3.67. The molecule has 2 aliphatic rings. The van der Waals surface area contributed by atoms with Crippen molar-refractivity contribution in [3.63, 3.8) is 0 Å². The van der Waals surface area contributed by atoms with Crippen LogP contribution in [0, 0.1) is 0 Å². The van der Waals surface area contributed by atoms with E-state index in [1.165, 1.54) is 24.1 Å². The molecule has 0 bridgehead atoms. The number of nitrogens with one attached hydrogen (secondary N) is 1. The van der Waals surface area contributed by atoms with Crippen LogP contribution in [-0.2, 0) is 38.7 Å². The molecule has 2 amide bonds. The summed E-state index contributed by atoms with van der Waals surface area (Å²) in [6.45, 7) is 3.64. The van der Waals surface area contributed by atoms with Crippen LogP contribution in [0.15, 0.2) is 41.3 Å². The molecule has 31 heavy (non-hydrogen) atoms. The van der Waals surface area contributed by atoms with E-state index in [2.05, 4.69) is 11.4 Å². The maximum Gasteiger partial charge on any atom is 0.225 e. The first-order chi connectivity index (χ1) is 14.8. The summed E-state index contributed by atoms with van der Waals surface area (Å²) in [6.07, 6.45) is 4.73. The molecular weight excluding hydrogens is 412 g/mol. The second-order valence-corrected chi connectivity index (χ2v) is 10.8. The van der Waals surface area contributed by atoms with E-state index < -0.39 is 15.1 Å². The van der Waals surface area contributed by atoms with Crippen LogP contribution in [0.1, 0.15) is 49.8 Å². The third-order valence-electron chi connectivity index (χ3n) is 6.33. The van der Waals surface area contributed by atoms with Crippen molar-refractivity contribution in [2.45, 2.75) is 62.5 Å². The molecule has 0 unspecified atom stereocenters. The SMILES string of the molecule is CC(=O)N1CCc2cc(S(=O)(=O)[C@H](C)CC(=O)Nc3cccc4c3CCCC4)ccc21. The van der Waals surface area contributed by atoms with E-state index in [1.807, 2.05) is 12.1 Å². The largest absolute Gasteiger partial charge is 0.326 e. The number of hydrogen-bond donors (Lipinski definition) is 1. The molecule has 1 aliphatic carbocycles. The summed E-state index contributed by atoms with van der Waals surface area (Å²) in [4.78, 5) is 26.3. The Labute approximate surface area is 183 Å². The molecule has 0 saturated heterocycles. The second-order valence-electron chi connectivity index (χ2n) is 8.47. The Bertz CT molecular complexity index is 1140. The highest BCUT2D eigenvalue weighted by atomic mass is 32.2. The summed E-state index contributed by atoms with van der Waals surface area (Å²) in [6, 6.07) is 10.8. The molecule has 2 aromatic carbocycles. The number of anilines is 2. The number of hydrogen-bond acceptors (Lipinski definition) is 4. The van der Waals surface area contributed by atoms with Crippen LogP contribution in [-0.4, -0.2) is 32.0 Å². The lowest BCUT2D eigenvalue weighted by Gasteiger charge is -2.20. The molecule has 0 radical (unpaired) electrons. The van der Waals surface area contributed by atoms with Crippen molar-refractivity contribution in [2.24, 2.45) is 0 Å². The van der Waals surface area contributed by atoms with Crippen LogP contribution >= 0.6 is 0 Å². The quantitative estimate of drug-likeness (QED) is 0.769. The van der Waals surface area contributed by atoms with Gasteiger partial charge in [0.15, 0.2) is 9.84 Å². The molecule has 0 saturated carbocycles. The molecule has 164 valence electrons. The van der Waals surface area contributed by atoms with Gasteiger partial charge in [0.25, 0.3) is 0 Å². The predicted molar refractivity (Wildman–Crippen MR) is 121 cm³/mol. The number of amides is 2. The van der Waals surface area contributed by atoms with E-state index in [0.717, 1.165) is 42.6 Å². The van der Waals surface area contributed by atoms with E-state index in [0.29, 0.717) is 13.0 Å². The fourth-order valence-electron chi connectivity index (χ4n) is 4.58. The standard InChI is InChI=1S/C24H28N2O4S/c1-16(14-24(28)25-22-9-5-7-18-6-3-4-8-21(18)22)31(29,30)20-10-11-23-19(15-20)12-13-26(23)17(2)27/h5,7,9-11,15-16H,3-4,6,8,12-14H2,1-2H3,(H,25,28)/t16-/m1/s1. The Hall–Kier alpha value is -2.67. The summed E-state index contributed by atoms with van der Waals surface area (Å²) in [5.41, 5.74) is 4.86. The number of aryl methyl sites for hydroxylation is 1. The summed E-state index contributed by atoms with van der Waals surface area (Å²) >= 11 is 0. The zero-order valence-corrected chi connectivity index (χ0v) is 18.8. The van der Waals surface area contributed by atoms with E-state index >= 15 is 0 Å². The average molecular weight is 441 g/mol. The monoisotopic (exact) mass is 440 g/mol. The highest BCUT2D eigenvalue weighted by molar-refractivity contribution is 7.92. The number of carbonyl (C=O) groups is 2. The molecule has 7 heteroatoms. The van der Waals surface area contributed by atoms with E-state index in [1.54, 1.807) is 24.0 Å². The van der Waals surface area contributed by atoms with Gasteiger partial charge in [-0.2, -0.15) is 0 Å². The van der Waals surface area contributed by atoms with Gasteiger partial charge in [-0.1, -0.05) is 12.1 Å². The number of nitrogens with zero attached hydrogens (tertiary/aromatic N) is 1. The van der Waals surface area contributed by atoms with Crippen LogP contribution in [0.3, 0.4) is 0 Å². The molecule has 4 rings (SSSR count). The fourth-order valence-corrected chi connectivity index (χ4v) is 5.98. The van der Waals surface area contributed by atoms with Gasteiger partial charge in [0.05, 0.1) is 10.1 Å². The van der Waals surface area contributed by atoms with Crippen molar-refractivity contribution < 1.29 is 18.0 Å². The molecule has 1 N–H and O–H groups in total. The van der Waals surface area contributed by atoms with Gasteiger partial charge in [0.2, 0.25) is 11.8 Å². The van der Waals surface area contributed by atoms with Gasteiger partial charge in [-0.25, -0.2) is 8.42 Å². The van der Waals surface area contributed by atoms with Crippen LogP contribution in [0.2, 0.25) is 0 Å². The smallest absolute Gasteiger partial charge is 0.225 e. The Balaban J connectivity index is 1.48. The summed E-state index contributed by atoms with van der Waals surface area (Å²) in [5.74, 6) is -0.346. The van der Waals surface area contributed by atoms with Gasteiger partial charge in [0.1, 0.15) is 0 Å². The van der Waals surface area contributed by atoms with Crippen LogP contribution in [0.4, 0.5) is 11.4 Å². The zero-order valence-electron chi connectivity index (χ0n) is 18.0. The Morgan fingerprint density at radius 3 is 2.61 bits per heavy atom. The lowest BCUT2D eigenvalue weighted by Crippen LogP contribution is -2.26. The third-order valence-corrected chi connectivity index (χ3v) is 8.46. The molecule has 2 aromatic rings. The van der Waals surface area contributed by atoms with E-state index in [-0.39, 0.29) is 23.1 Å². The van der Waals surface area contributed by atoms with E-state index in [9.17, 15) is 18.0 Å². The highest BCUT2D eigenvalue weighted by Gasteiger charge is 2.29. The molecule has 0 aromatic heterocycles. The van der Waals surface area contributed by atoms with Crippen molar-refractivity contribution in [1.29, 1.82) is 0 Å². The second kappa shape index (κ2) is 8.46. The Morgan fingerprint density at radius 2 is 1.84 bits per heavy atom. The van der Waals surface area contributed by atoms with Crippen molar-refractivity contribution in [2.75, 3.05) is 16.8 Å². The lowest BCUT2D eigenvalue weighted by atomic mass is 9.90. The molecule has 0 spiro atoms. The average Bonchev–Trinajstić information content (AvgIpc) is 3.17. The zero-order chi connectivity index (χ0) is 22.2. The minimum Gasteiger partial charge on any atom is -0.326 e. The van der Waals surface area contributed by atoms with Gasteiger partial charge in [-0.15, -0.1) is 0 Å². The summed E-state index contributed by atoms with van der Waals surface area (Å²) in [5, 5.41) is 2.09. The third kappa shape index (κ3) is 4.24. The van der Waals surface area contributed by atoms with Crippen LogP contribution in [0.5, 0.6) is 0 Å². The molecule has 6 nitrogen and oxygen atoms in total.